The highest BCUT2D eigenvalue weighted by molar-refractivity contribution is 6.36. The lowest BCUT2D eigenvalue weighted by Crippen LogP contribution is -2.48. The highest BCUT2D eigenvalue weighted by Crippen LogP contribution is 2.30. The van der Waals surface area contributed by atoms with Crippen LogP contribution in [-0.4, -0.2) is 32.1 Å². The number of para-hydroxylation sites is 2. The standard InChI is InChI=1S/C19H20Cl2N2O2/c1-25-18-7-3-2-6-17(18)23-10-4-5-14(12-23)22-19(24)15-9-8-13(20)11-16(15)21/h2-3,6-9,11,14H,4-5,10,12H2,1H3,(H,22,24). The Hall–Kier alpha value is -1.91. The topological polar surface area (TPSA) is 41.6 Å². The van der Waals surface area contributed by atoms with Gasteiger partial charge in [-0.25, -0.2) is 0 Å². The fourth-order valence-corrected chi connectivity index (χ4v) is 3.64. The maximum Gasteiger partial charge on any atom is 0.253 e. The number of halogens is 2. The smallest absolute Gasteiger partial charge is 0.253 e. The zero-order chi connectivity index (χ0) is 17.8. The summed E-state index contributed by atoms with van der Waals surface area (Å²) in [5.41, 5.74) is 1.49. The third-order valence-electron chi connectivity index (χ3n) is 4.36. The lowest BCUT2D eigenvalue weighted by molar-refractivity contribution is 0.0933. The van der Waals surface area contributed by atoms with Crippen molar-refractivity contribution in [2.24, 2.45) is 0 Å². The molecule has 1 heterocycles. The van der Waals surface area contributed by atoms with Crippen molar-refractivity contribution in [2.45, 2.75) is 18.9 Å². The number of amides is 1. The number of nitrogens with zero attached hydrogens (tertiary/aromatic N) is 1. The van der Waals surface area contributed by atoms with Gasteiger partial charge in [0.1, 0.15) is 5.75 Å². The number of methoxy groups -OCH3 is 1. The molecular weight excluding hydrogens is 359 g/mol. The second-order valence-corrected chi connectivity index (χ2v) is 6.90. The minimum absolute atomic E-state index is 0.0536. The number of hydrogen-bond donors (Lipinski definition) is 1. The van der Waals surface area contributed by atoms with E-state index < -0.39 is 0 Å². The molecule has 2 aromatic carbocycles. The molecule has 0 aliphatic carbocycles. The number of nitrogens with one attached hydrogen (secondary N) is 1. The first-order chi connectivity index (χ1) is 12.1. The van der Waals surface area contributed by atoms with Crippen LogP contribution in [0.5, 0.6) is 5.75 Å². The number of rotatable bonds is 4. The average molecular weight is 379 g/mol. The Morgan fingerprint density at radius 1 is 1.24 bits per heavy atom. The van der Waals surface area contributed by atoms with Gasteiger partial charge in [-0.3, -0.25) is 4.79 Å². The molecule has 1 amide bonds. The Morgan fingerprint density at radius 3 is 2.80 bits per heavy atom. The Morgan fingerprint density at radius 2 is 2.04 bits per heavy atom. The summed E-state index contributed by atoms with van der Waals surface area (Å²) in [6.45, 7) is 1.67. The molecule has 6 heteroatoms. The first-order valence-corrected chi connectivity index (χ1v) is 8.98. The third kappa shape index (κ3) is 4.20. The molecular formula is C19H20Cl2N2O2. The summed E-state index contributed by atoms with van der Waals surface area (Å²) in [5, 5.41) is 3.96. The number of hydrogen-bond acceptors (Lipinski definition) is 3. The lowest BCUT2D eigenvalue weighted by atomic mass is 10.0. The predicted molar refractivity (Wildman–Crippen MR) is 102 cm³/mol. The zero-order valence-corrected chi connectivity index (χ0v) is 15.5. The van der Waals surface area contributed by atoms with Gasteiger partial charge in [0.2, 0.25) is 0 Å². The van der Waals surface area contributed by atoms with Gasteiger partial charge in [-0.15, -0.1) is 0 Å². The zero-order valence-electron chi connectivity index (χ0n) is 14.0. The first kappa shape index (κ1) is 17.9. The van der Waals surface area contributed by atoms with E-state index in [0.29, 0.717) is 15.6 Å². The van der Waals surface area contributed by atoms with Gasteiger partial charge in [-0.1, -0.05) is 35.3 Å². The van der Waals surface area contributed by atoms with Crippen LogP contribution in [0.15, 0.2) is 42.5 Å². The van der Waals surface area contributed by atoms with Gasteiger partial charge < -0.3 is 15.0 Å². The maximum atomic E-state index is 12.5. The summed E-state index contributed by atoms with van der Waals surface area (Å²) in [4.78, 5) is 14.8. The summed E-state index contributed by atoms with van der Waals surface area (Å²) in [6.07, 6.45) is 1.93. The fraction of sp³-hybridized carbons (Fsp3) is 0.316. The van der Waals surface area contributed by atoms with Crippen LogP contribution in [0.4, 0.5) is 5.69 Å². The molecule has 4 nitrogen and oxygen atoms in total. The quantitative estimate of drug-likeness (QED) is 0.856. The first-order valence-electron chi connectivity index (χ1n) is 8.22. The van der Waals surface area contributed by atoms with Crippen molar-refractivity contribution in [1.29, 1.82) is 0 Å². The average Bonchev–Trinajstić information content (AvgIpc) is 2.61. The Labute approximate surface area is 157 Å². The maximum absolute atomic E-state index is 12.5. The van der Waals surface area contributed by atoms with E-state index in [4.69, 9.17) is 27.9 Å². The van der Waals surface area contributed by atoms with Crippen molar-refractivity contribution in [3.05, 3.63) is 58.1 Å². The Balaban J connectivity index is 1.70. The third-order valence-corrected chi connectivity index (χ3v) is 4.91. The molecule has 0 bridgehead atoms. The summed E-state index contributed by atoms with van der Waals surface area (Å²) in [5.74, 6) is 0.670. The molecule has 2 aromatic rings. The molecule has 0 saturated carbocycles. The summed E-state index contributed by atoms with van der Waals surface area (Å²) in [7, 11) is 1.67. The van der Waals surface area contributed by atoms with E-state index in [1.54, 1.807) is 25.3 Å². The van der Waals surface area contributed by atoms with E-state index in [2.05, 4.69) is 10.2 Å². The number of carbonyl (C=O) groups is 1. The van der Waals surface area contributed by atoms with Crippen molar-refractivity contribution in [2.75, 3.05) is 25.1 Å². The van der Waals surface area contributed by atoms with Crippen molar-refractivity contribution in [3.63, 3.8) is 0 Å². The van der Waals surface area contributed by atoms with Crippen molar-refractivity contribution in [1.82, 2.24) is 5.32 Å². The number of benzene rings is 2. The van der Waals surface area contributed by atoms with E-state index in [9.17, 15) is 4.79 Å². The van der Waals surface area contributed by atoms with Crippen LogP contribution in [0.3, 0.4) is 0 Å². The van der Waals surface area contributed by atoms with Gasteiger partial charge >= 0.3 is 0 Å². The summed E-state index contributed by atoms with van der Waals surface area (Å²) < 4.78 is 5.45. The van der Waals surface area contributed by atoms with Crippen LogP contribution in [0.2, 0.25) is 10.0 Å². The number of anilines is 1. The molecule has 3 rings (SSSR count). The van der Waals surface area contributed by atoms with E-state index in [1.807, 2.05) is 24.3 Å². The molecule has 0 aromatic heterocycles. The van der Waals surface area contributed by atoms with Crippen LogP contribution in [0.25, 0.3) is 0 Å². The highest BCUT2D eigenvalue weighted by Gasteiger charge is 2.24. The van der Waals surface area contributed by atoms with Gasteiger partial charge in [-0.05, 0) is 43.2 Å². The van der Waals surface area contributed by atoms with Gasteiger partial charge in [0, 0.05) is 24.2 Å². The van der Waals surface area contributed by atoms with Gasteiger partial charge in [-0.2, -0.15) is 0 Å². The summed E-state index contributed by atoms with van der Waals surface area (Å²) in [6, 6.07) is 12.9. The molecule has 1 fully saturated rings. The molecule has 1 aliphatic rings. The number of ether oxygens (including phenoxy) is 1. The van der Waals surface area contributed by atoms with E-state index in [1.165, 1.54) is 0 Å². The molecule has 1 atom stereocenters. The van der Waals surface area contributed by atoms with Crippen molar-refractivity contribution < 1.29 is 9.53 Å². The second-order valence-electron chi connectivity index (χ2n) is 6.05. The van der Waals surface area contributed by atoms with Crippen LogP contribution in [0, 0.1) is 0 Å². The summed E-state index contributed by atoms with van der Waals surface area (Å²) >= 11 is 12.0. The molecule has 1 aliphatic heterocycles. The largest absolute Gasteiger partial charge is 0.495 e. The van der Waals surface area contributed by atoms with Crippen molar-refractivity contribution in [3.8, 4) is 5.75 Å². The molecule has 132 valence electrons. The number of carbonyl (C=O) groups excluding carboxylic acids is 1. The molecule has 0 radical (unpaired) electrons. The SMILES string of the molecule is COc1ccccc1N1CCCC(NC(=O)c2ccc(Cl)cc2Cl)C1. The van der Waals surface area contributed by atoms with Crippen LogP contribution >= 0.6 is 23.2 Å². The van der Waals surface area contributed by atoms with Gasteiger partial charge in [0.05, 0.1) is 23.4 Å². The van der Waals surface area contributed by atoms with Gasteiger partial charge in [0.25, 0.3) is 5.91 Å². The van der Waals surface area contributed by atoms with Crippen LogP contribution in [0.1, 0.15) is 23.2 Å². The molecule has 1 unspecified atom stereocenters. The molecule has 25 heavy (non-hydrogen) atoms. The molecule has 1 saturated heterocycles. The minimum atomic E-state index is -0.173. The Bertz CT molecular complexity index is 767. The highest BCUT2D eigenvalue weighted by atomic mass is 35.5. The normalized spacial score (nSPS) is 17.2. The minimum Gasteiger partial charge on any atom is -0.495 e. The molecule has 1 N–H and O–H groups in total. The fourth-order valence-electron chi connectivity index (χ4n) is 3.14. The Kier molecular flexibility index (Phi) is 5.71. The van der Waals surface area contributed by atoms with Crippen LogP contribution < -0.4 is 15.0 Å². The second kappa shape index (κ2) is 7.98. The van der Waals surface area contributed by atoms with E-state index in [0.717, 1.165) is 37.4 Å². The van der Waals surface area contributed by atoms with Crippen LogP contribution in [-0.2, 0) is 0 Å². The van der Waals surface area contributed by atoms with Crippen molar-refractivity contribution >= 4 is 34.8 Å². The lowest BCUT2D eigenvalue weighted by Gasteiger charge is -2.35. The monoisotopic (exact) mass is 378 g/mol. The predicted octanol–water partition coefficient (Wildman–Crippen LogP) is 4.40. The molecule has 0 spiro atoms. The van der Waals surface area contributed by atoms with E-state index >= 15 is 0 Å². The number of piperidine rings is 1. The van der Waals surface area contributed by atoms with Gasteiger partial charge in [0.15, 0.2) is 0 Å². The van der Waals surface area contributed by atoms with E-state index in [-0.39, 0.29) is 11.9 Å².